The Kier molecular flexibility index (Phi) is 2.20. The van der Waals surface area contributed by atoms with Crippen molar-refractivity contribution in [3.8, 4) is 0 Å². The van der Waals surface area contributed by atoms with E-state index in [0.29, 0.717) is 0 Å². The summed E-state index contributed by atoms with van der Waals surface area (Å²) in [7, 11) is 0. The van der Waals surface area contributed by atoms with E-state index in [1.54, 1.807) is 19.3 Å². The first-order valence-corrected chi connectivity index (χ1v) is 5.42. The van der Waals surface area contributed by atoms with Gasteiger partial charge in [-0.1, -0.05) is 45.4 Å². The lowest BCUT2D eigenvalue weighted by molar-refractivity contribution is 0.163. The molecule has 0 heterocycles. The lowest BCUT2D eigenvalue weighted by Crippen LogP contribution is -2.24. The zero-order chi connectivity index (χ0) is 7.68. The molecule has 1 unspecified atom stereocenters. The van der Waals surface area contributed by atoms with E-state index in [-0.39, 0.29) is 0 Å². The standard InChI is InChI=1S/C11H20/c1-2-9-5-4-8-11(9)10-6-3-7-10/h9-11H,2-8H2,1H3/t9-,11?/m1/s1. The molecule has 2 aliphatic carbocycles. The second-order valence-electron chi connectivity index (χ2n) is 4.45. The second kappa shape index (κ2) is 3.16. The van der Waals surface area contributed by atoms with E-state index in [1.807, 2.05) is 0 Å². The maximum absolute atomic E-state index is 2.38. The molecule has 0 aromatic carbocycles. The van der Waals surface area contributed by atoms with Gasteiger partial charge in [-0.05, 0) is 24.2 Å². The van der Waals surface area contributed by atoms with E-state index >= 15 is 0 Å². The molecule has 0 heteroatoms. The third-order valence-electron chi connectivity index (χ3n) is 4.00. The molecule has 0 saturated heterocycles. The van der Waals surface area contributed by atoms with Crippen molar-refractivity contribution >= 4 is 0 Å². The molecule has 0 spiro atoms. The molecule has 0 nitrogen and oxygen atoms in total. The van der Waals surface area contributed by atoms with E-state index in [2.05, 4.69) is 6.92 Å². The van der Waals surface area contributed by atoms with Gasteiger partial charge < -0.3 is 0 Å². The van der Waals surface area contributed by atoms with Crippen molar-refractivity contribution < 1.29 is 0 Å². The maximum Gasteiger partial charge on any atom is -0.0358 e. The van der Waals surface area contributed by atoms with Crippen LogP contribution in [0.3, 0.4) is 0 Å². The first-order valence-electron chi connectivity index (χ1n) is 5.42. The van der Waals surface area contributed by atoms with Crippen LogP contribution in [0.4, 0.5) is 0 Å². The Morgan fingerprint density at radius 2 is 1.73 bits per heavy atom. The fraction of sp³-hybridized carbons (Fsp3) is 1.00. The average molecular weight is 152 g/mol. The third-order valence-corrected chi connectivity index (χ3v) is 4.00. The third kappa shape index (κ3) is 1.32. The minimum atomic E-state index is 1.11. The van der Waals surface area contributed by atoms with Crippen LogP contribution in [0.5, 0.6) is 0 Å². The molecule has 0 N–H and O–H groups in total. The highest BCUT2D eigenvalue weighted by Gasteiger charge is 2.34. The minimum Gasteiger partial charge on any atom is -0.0651 e. The van der Waals surface area contributed by atoms with Gasteiger partial charge in [0.25, 0.3) is 0 Å². The molecule has 0 amide bonds. The molecule has 0 aliphatic heterocycles. The molecule has 2 saturated carbocycles. The average Bonchev–Trinajstić information content (AvgIpc) is 2.32. The zero-order valence-corrected chi connectivity index (χ0v) is 7.68. The lowest BCUT2D eigenvalue weighted by atomic mass is 9.71. The van der Waals surface area contributed by atoms with Crippen LogP contribution in [-0.4, -0.2) is 0 Å². The molecule has 2 atom stereocenters. The maximum atomic E-state index is 2.38. The van der Waals surface area contributed by atoms with Gasteiger partial charge in [0.05, 0.1) is 0 Å². The second-order valence-corrected chi connectivity index (χ2v) is 4.45. The van der Waals surface area contributed by atoms with E-state index < -0.39 is 0 Å². The van der Waals surface area contributed by atoms with Crippen LogP contribution >= 0.6 is 0 Å². The highest BCUT2D eigenvalue weighted by molar-refractivity contribution is 4.85. The summed E-state index contributed by atoms with van der Waals surface area (Å²) in [4.78, 5) is 0. The van der Waals surface area contributed by atoms with Crippen molar-refractivity contribution in [2.24, 2.45) is 17.8 Å². The highest BCUT2D eigenvalue weighted by Crippen LogP contribution is 2.46. The van der Waals surface area contributed by atoms with E-state index in [1.165, 1.54) is 25.7 Å². The van der Waals surface area contributed by atoms with Crippen molar-refractivity contribution in [3.05, 3.63) is 0 Å². The topological polar surface area (TPSA) is 0 Å². The van der Waals surface area contributed by atoms with Crippen LogP contribution in [0.2, 0.25) is 0 Å². The quantitative estimate of drug-likeness (QED) is 0.567. The van der Waals surface area contributed by atoms with Crippen LogP contribution < -0.4 is 0 Å². The molecular weight excluding hydrogens is 132 g/mol. The molecule has 64 valence electrons. The largest absolute Gasteiger partial charge is 0.0651 e. The molecule has 0 bridgehead atoms. The first kappa shape index (κ1) is 7.64. The summed E-state index contributed by atoms with van der Waals surface area (Å²) in [5.41, 5.74) is 0. The molecular formula is C11H20. The summed E-state index contributed by atoms with van der Waals surface area (Å²) >= 11 is 0. The van der Waals surface area contributed by atoms with Crippen molar-refractivity contribution in [1.82, 2.24) is 0 Å². The van der Waals surface area contributed by atoms with Crippen molar-refractivity contribution in [1.29, 1.82) is 0 Å². The summed E-state index contributed by atoms with van der Waals surface area (Å²) in [5.74, 6) is 3.41. The molecule has 11 heavy (non-hydrogen) atoms. The Bertz CT molecular complexity index is 124. The van der Waals surface area contributed by atoms with Gasteiger partial charge in [-0.25, -0.2) is 0 Å². The SMILES string of the molecule is CC[C@@H]1CCCC1C1CCC1. The summed E-state index contributed by atoms with van der Waals surface area (Å²) in [6.07, 6.45) is 10.7. The molecule has 2 fully saturated rings. The highest BCUT2D eigenvalue weighted by atomic mass is 14.4. The zero-order valence-electron chi connectivity index (χ0n) is 7.68. The van der Waals surface area contributed by atoms with Gasteiger partial charge in [-0.15, -0.1) is 0 Å². The van der Waals surface area contributed by atoms with Crippen LogP contribution in [-0.2, 0) is 0 Å². The van der Waals surface area contributed by atoms with Gasteiger partial charge in [0.2, 0.25) is 0 Å². The summed E-state index contributed by atoms with van der Waals surface area (Å²) < 4.78 is 0. The van der Waals surface area contributed by atoms with E-state index in [4.69, 9.17) is 0 Å². The summed E-state index contributed by atoms with van der Waals surface area (Å²) in [6.45, 7) is 2.38. The van der Waals surface area contributed by atoms with Gasteiger partial charge in [0.1, 0.15) is 0 Å². The smallest absolute Gasteiger partial charge is 0.0358 e. The summed E-state index contributed by atoms with van der Waals surface area (Å²) in [6, 6.07) is 0. The predicted octanol–water partition coefficient (Wildman–Crippen LogP) is 3.61. The molecule has 0 aromatic rings. The van der Waals surface area contributed by atoms with Crippen LogP contribution in [0.1, 0.15) is 51.9 Å². The Morgan fingerprint density at radius 3 is 2.27 bits per heavy atom. The Hall–Kier alpha value is 0. The monoisotopic (exact) mass is 152 g/mol. The molecule has 2 rings (SSSR count). The Balaban J connectivity index is 1.89. The van der Waals surface area contributed by atoms with Crippen LogP contribution in [0.15, 0.2) is 0 Å². The number of rotatable bonds is 2. The summed E-state index contributed by atoms with van der Waals surface area (Å²) in [5, 5.41) is 0. The number of hydrogen-bond donors (Lipinski definition) is 0. The fourth-order valence-corrected chi connectivity index (χ4v) is 3.06. The Labute approximate surface area is 70.4 Å². The van der Waals surface area contributed by atoms with Crippen molar-refractivity contribution in [3.63, 3.8) is 0 Å². The molecule has 0 radical (unpaired) electrons. The van der Waals surface area contributed by atoms with Crippen LogP contribution in [0, 0.1) is 17.8 Å². The first-order chi connectivity index (χ1) is 5.42. The predicted molar refractivity (Wildman–Crippen MR) is 48.5 cm³/mol. The number of hydrogen-bond acceptors (Lipinski definition) is 0. The van der Waals surface area contributed by atoms with Gasteiger partial charge in [-0.3, -0.25) is 0 Å². The van der Waals surface area contributed by atoms with Crippen molar-refractivity contribution in [2.45, 2.75) is 51.9 Å². The van der Waals surface area contributed by atoms with E-state index in [9.17, 15) is 0 Å². The van der Waals surface area contributed by atoms with Gasteiger partial charge in [-0.2, -0.15) is 0 Å². The molecule has 0 aromatic heterocycles. The fourth-order valence-electron chi connectivity index (χ4n) is 3.06. The van der Waals surface area contributed by atoms with Gasteiger partial charge in [0.15, 0.2) is 0 Å². The van der Waals surface area contributed by atoms with Gasteiger partial charge >= 0.3 is 0 Å². The van der Waals surface area contributed by atoms with E-state index in [0.717, 1.165) is 17.8 Å². The minimum absolute atomic E-state index is 1.11. The van der Waals surface area contributed by atoms with Gasteiger partial charge in [0, 0.05) is 0 Å². The molecule has 2 aliphatic rings. The lowest BCUT2D eigenvalue weighted by Gasteiger charge is -2.34. The Morgan fingerprint density at radius 1 is 1.00 bits per heavy atom. The van der Waals surface area contributed by atoms with Crippen molar-refractivity contribution in [2.75, 3.05) is 0 Å². The van der Waals surface area contributed by atoms with Crippen LogP contribution in [0.25, 0.3) is 0 Å². The normalized spacial score (nSPS) is 39.0.